The van der Waals surface area contributed by atoms with Gasteiger partial charge in [0.05, 0.1) is 25.9 Å². The molecule has 0 atom stereocenters. The maximum absolute atomic E-state index is 13.1. The van der Waals surface area contributed by atoms with Crippen LogP contribution >= 0.6 is 23.5 Å². The lowest BCUT2D eigenvalue weighted by molar-refractivity contribution is -0.135. The molecule has 0 bridgehead atoms. The first-order valence-electron chi connectivity index (χ1n) is 9.80. The second kappa shape index (κ2) is 11.8. The summed E-state index contributed by atoms with van der Waals surface area (Å²) in [5.41, 5.74) is 0.723. The van der Waals surface area contributed by atoms with Gasteiger partial charge in [-0.05, 0) is 43.9 Å². The molecule has 0 aliphatic carbocycles. The summed E-state index contributed by atoms with van der Waals surface area (Å²) >= 11 is 3.44. The van der Waals surface area contributed by atoms with E-state index in [9.17, 15) is 9.59 Å². The lowest BCUT2D eigenvalue weighted by atomic mass is 9.91. The summed E-state index contributed by atoms with van der Waals surface area (Å²) in [6, 6.07) is 7.92. The van der Waals surface area contributed by atoms with Gasteiger partial charge in [0.15, 0.2) is 5.78 Å². The Balaban J connectivity index is 1.80. The summed E-state index contributed by atoms with van der Waals surface area (Å²) in [7, 11) is 1.37. The third-order valence-electron chi connectivity index (χ3n) is 4.91. The minimum absolute atomic E-state index is 0.152. The number of carbonyl (C=O) groups excluding carboxylic acids is 2. The van der Waals surface area contributed by atoms with E-state index in [-0.39, 0.29) is 11.8 Å². The summed E-state index contributed by atoms with van der Waals surface area (Å²) in [6.45, 7) is 10.7. The maximum atomic E-state index is 13.1. The van der Waals surface area contributed by atoms with Crippen molar-refractivity contribution >= 4 is 35.3 Å². The van der Waals surface area contributed by atoms with Gasteiger partial charge in [0.2, 0.25) is 0 Å². The van der Waals surface area contributed by atoms with Crippen LogP contribution in [0.2, 0.25) is 0 Å². The van der Waals surface area contributed by atoms with E-state index in [0.29, 0.717) is 24.5 Å². The quantitative estimate of drug-likeness (QED) is 0.171. The number of Topliss-reactive ketones (excluding diaryl/α,β-unsaturated/α-hetero) is 1. The Morgan fingerprint density at radius 1 is 1.24 bits per heavy atom. The molecule has 1 aromatic carbocycles. The van der Waals surface area contributed by atoms with Crippen molar-refractivity contribution in [2.24, 2.45) is 0 Å². The Labute approximate surface area is 182 Å². The Morgan fingerprint density at radius 2 is 1.97 bits per heavy atom. The van der Waals surface area contributed by atoms with Crippen LogP contribution in [0.5, 0.6) is 0 Å². The molecule has 1 fully saturated rings. The predicted octanol–water partition coefficient (Wildman–Crippen LogP) is 3.92. The van der Waals surface area contributed by atoms with Gasteiger partial charge in [-0.15, -0.1) is 11.8 Å². The Hall–Kier alpha value is -1.28. The SMILES string of the molecule is C=C(CSCCCSc1cccc(C(=O)C(C)(C)N2CCOCC2)c1)C(=O)OC. The summed E-state index contributed by atoms with van der Waals surface area (Å²) in [6.07, 6.45) is 1.02. The van der Waals surface area contributed by atoms with E-state index in [1.807, 2.05) is 32.0 Å². The molecule has 0 amide bonds. The van der Waals surface area contributed by atoms with E-state index >= 15 is 0 Å². The van der Waals surface area contributed by atoms with Gasteiger partial charge < -0.3 is 9.47 Å². The highest BCUT2D eigenvalue weighted by molar-refractivity contribution is 8.00. The molecule has 0 N–H and O–H groups in total. The second-order valence-corrected chi connectivity index (χ2v) is 9.64. The zero-order valence-electron chi connectivity index (χ0n) is 17.6. The summed E-state index contributed by atoms with van der Waals surface area (Å²) in [5.74, 6) is 2.32. The van der Waals surface area contributed by atoms with E-state index in [1.54, 1.807) is 23.5 Å². The molecule has 1 aromatic rings. The van der Waals surface area contributed by atoms with Gasteiger partial charge in [0, 0.05) is 34.9 Å². The number of thioether (sulfide) groups is 2. The Kier molecular flexibility index (Phi) is 9.75. The van der Waals surface area contributed by atoms with Crippen LogP contribution in [0, 0.1) is 0 Å². The van der Waals surface area contributed by atoms with Gasteiger partial charge in [-0.3, -0.25) is 9.69 Å². The molecule has 1 saturated heterocycles. The lowest BCUT2D eigenvalue weighted by Crippen LogP contribution is -2.54. The topological polar surface area (TPSA) is 55.8 Å². The monoisotopic (exact) mass is 437 g/mol. The lowest BCUT2D eigenvalue weighted by Gasteiger charge is -2.39. The van der Waals surface area contributed by atoms with Crippen molar-refractivity contribution in [3.63, 3.8) is 0 Å². The van der Waals surface area contributed by atoms with Crippen molar-refractivity contribution in [2.75, 3.05) is 50.7 Å². The average molecular weight is 438 g/mol. The van der Waals surface area contributed by atoms with Crippen LogP contribution in [0.3, 0.4) is 0 Å². The number of benzene rings is 1. The number of hydrogen-bond acceptors (Lipinski definition) is 7. The van der Waals surface area contributed by atoms with Gasteiger partial charge >= 0.3 is 5.97 Å². The number of methoxy groups -OCH3 is 1. The average Bonchev–Trinajstić information content (AvgIpc) is 2.75. The highest BCUT2D eigenvalue weighted by atomic mass is 32.2. The molecule has 160 valence electrons. The fourth-order valence-corrected chi connectivity index (χ4v) is 5.05. The number of esters is 1. The van der Waals surface area contributed by atoms with E-state index < -0.39 is 5.54 Å². The molecular formula is C22H31NO4S2. The predicted molar refractivity (Wildman–Crippen MR) is 121 cm³/mol. The van der Waals surface area contributed by atoms with Crippen molar-refractivity contribution in [1.29, 1.82) is 0 Å². The highest BCUT2D eigenvalue weighted by Gasteiger charge is 2.35. The molecule has 0 spiro atoms. The molecular weight excluding hydrogens is 406 g/mol. The minimum atomic E-state index is -0.536. The number of ketones is 1. The molecule has 0 saturated carbocycles. The summed E-state index contributed by atoms with van der Waals surface area (Å²) < 4.78 is 10.1. The molecule has 1 heterocycles. The number of hydrogen-bond donors (Lipinski definition) is 0. The van der Waals surface area contributed by atoms with Gasteiger partial charge in [-0.25, -0.2) is 4.79 Å². The van der Waals surface area contributed by atoms with Crippen LogP contribution in [0.25, 0.3) is 0 Å². The molecule has 0 unspecified atom stereocenters. The normalized spacial score (nSPS) is 15.1. The number of morpholine rings is 1. The fraction of sp³-hybridized carbons (Fsp3) is 0.545. The van der Waals surface area contributed by atoms with Crippen molar-refractivity contribution < 1.29 is 19.1 Å². The molecule has 1 aliphatic rings. The largest absolute Gasteiger partial charge is 0.466 e. The summed E-state index contributed by atoms with van der Waals surface area (Å²) in [5, 5.41) is 0. The van der Waals surface area contributed by atoms with Gasteiger partial charge in [0.1, 0.15) is 0 Å². The maximum Gasteiger partial charge on any atom is 0.333 e. The zero-order chi connectivity index (χ0) is 21.3. The molecule has 29 heavy (non-hydrogen) atoms. The van der Waals surface area contributed by atoms with E-state index in [4.69, 9.17) is 4.74 Å². The number of nitrogens with zero attached hydrogens (tertiary/aromatic N) is 1. The second-order valence-electron chi connectivity index (χ2n) is 7.37. The minimum Gasteiger partial charge on any atom is -0.466 e. The smallest absolute Gasteiger partial charge is 0.333 e. The van der Waals surface area contributed by atoms with Crippen molar-refractivity contribution in [2.45, 2.75) is 30.7 Å². The standard InChI is InChI=1S/C22H31NO4S2/c1-17(21(25)26-4)16-28-13-6-14-29-19-8-5-7-18(15-19)20(24)22(2,3)23-9-11-27-12-10-23/h5,7-8,15H,1,6,9-14,16H2,2-4H3. The van der Waals surface area contributed by atoms with E-state index in [2.05, 4.69) is 22.3 Å². The van der Waals surface area contributed by atoms with Crippen LogP contribution < -0.4 is 0 Å². The summed E-state index contributed by atoms with van der Waals surface area (Å²) in [4.78, 5) is 27.8. The number of rotatable bonds is 11. The van der Waals surface area contributed by atoms with Crippen molar-refractivity contribution in [1.82, 2.24) is 4.90 Å². The third-order valence-corrected chi connectivity index (χ3v) is 7.12. The Bertz CT molecular complexity index is 715. The highest BCUT2D eigenvalue weighted by Crippen LogP contribution is 2.26. The molecule has 5 nitrogen and oxygen atoms in total. The van der Waals surface area contributed by atoms with Crippen molar-refractivity contribution in [3.05, 3.63) is 42.0 Å². The Morgan fingerprint density at radius 3 is 2.66 bits per heavy atom. The van der Waals surface area contributed by atoms with Gasteiger partial charge in [-0.2, -0.15) is 11.8 Å². The zero-order valence-corrected chi connectivity index (χ0v) is 19.2. The molecule has 0 radical (unpaired) electrons. The van der Waals surface area contributed by atoms with Crippen LogP contribution in [0.15, 0.2) is 41.3 Å². The first kappa shape index (κ1) is 24.0. The van der Waals surface area contributed by atoms with Crippen LogP contribution in [-0.4, -0.2) is 72.9 Å². The van der Waals surface area contributed by atoms with Crippen molar-refractivity contribution in [3.8, 4) is 0 Å². The van der Waals surface area contributed by atoms with Crippen LogP contribution in [0.1, 0.15) is 30.6 Å². The third kappa shape index (κ3) is 7.17. The fourth-order valence-electron chi connectivity index (χ4n) is 3.10. The van der Waals surface area contributed by atoms with Crippen LogP contribution in [-0.2, 0) is 14.3 Å². The molecule has 0 aromatic heterocycles. The molecule has 7 heteroatoms. The van der Waals surface area contributed by atoms with Crippen LogP contribution in [0.4, 0.5) is 0 Å². The van der Waals surface area contributed by atoms with E-state index in [1.165, 1.54) is 7.11 Å². The van der Waals surface area contributed by atoms with Gasteiger partial charge in [0.25, 0.3) is 0 Å². The first-order valence-corrected chi connectivity index (χ1v) is 11.9. The van der Waals surface area contributed by atoms with E-state index in [0.717, 1.165) is 41.5 Å². The number of carbonyl (C=O) groups is 2. The van der Waals surface area contributed by atoms with Gasteiger partial charge in [-0.1, -0.05) is 18.7 Å². The number of ether oxygens (including phenoxy) is 2. The molecule has 1 aliphatic heterocycles. The first-order chi connectivity index (χ1) is 13.9. The molecule has 2 rings (SSSR count).